The number of rotatable bonds is 9. The SMILES string of the molecule is COc1cc(C)c(-c2nc3ccccc3c(=O)n2N=Cc2cc(Br)c(OCC(=O)Nc3ccccc3F)c(Br)c2)cc1C(C)C. The predicted octanol–water partition coefficient (Wildman–Crippen LogP) is 8.07. The minimum absolute atomic E-state index is 0.0684. The highest BCUT2D eigenvalue weighted by atomic mass is 79.9. The lowest BCUT2D eigenvalue weighted by Crippen LogP contribution is -2.21. The number of para-hydroxylation sites is 2. The summed E-state index contributed by atoms with van der Waals surface area (Å²) in [5, 5.41) is 7.53. The Bertz CT molecular complexity index is 1990. The lowest BCUT2D eigenvalue weighted by molar-refractivity contribution is -0.118. The van der Waals surface area contributed by atoms with Crippen LogP contribution in [-0.2, 0) is 4.79 Å². The second-order valence-electron chi connectivity index (χ2n) is 10.5. The Labute approximate surface area is 276 Å². The average molecular weight is 736 g/mol. The molecule has 0 aliphatic heterocycles. The fourth-order valence-corrected chi connectivity index (χ4v) is 6.23. The molecule has 0 unspecified atom stereocenters. The summed E-state index contributed by atoms with van der Waals surface area (Å²) in [7, 11) is 1.64. The molecule has 11 heteroatoms. The van der Waals surface area contributed by atoms with Gasteiger partial charge in [-0.15, -0.1) is 0 Å². The summed E-state index contributed by atoms with van der Waals surface area (Å²) >= 11 is 6.99. The van der Waals surface area contributed by atoms with Gasteiger partial charge >= 0.3 is 0 Å². The molecule has 1 amide bonds. The van der Waals surface area contributed by atoms with Crippen molar-refractivity contribution in [3.8, 4) is 22.9 Å². The molecule has 0 saturated heterocycles. The first-order valence-electron chi connectivity index (χ1n) is 14.0. The molecule has 0 saturated carbocycles. The van der Waals surface area contributed by atoms with Crippen molar-refractivity contribution in [2.75, 3.05) is 19.0 Å². The lowest BCUT2D eigenvalue weighted by Gasteiger charge is -2.17. The summed E-state index contributed by atoms with van der Waals surface area (Å²) < 4.78 is 27.6. The van der Waals surface area contributed by atoms with Gasteiger partial charge in [-0.3, -0.25) is 9.59 Å². The second-order valence-corrected chi connectivity index (χ2v) is 12.2. The summed E-state index contributed by atoms with van der Waals surface area (Å²) in [5.41, 5.74) is 3.59. The molecule has 1 N–H and O–H groups in total. The molecule has 45 heavy (non-hydrogen) atoms. The molecule has 5 aromatic rings. The number of aromatic nitrogens is 2. The standard InChI is InChI=1S/C34H29Br2FN4O4/c1-19(2)23-16-24(20(3)13-30(23)44-4)33-40-28-11-7-5-9-22(28)34(43)41(33)38-17-21-14-25(35)32(26(36)15-21)45-18-31(42)39-29-12-8-6-10-27(29)37/h5-17,19H,18H2,1-4H3,(H,39,42). The molecular formula is C34H29Br2FN4O4. The molecule has 1 aromatic heterocycles. The molecular weight excluding hydrogens is 707 g/mol. The minimum Gasteiger partial charge on any atom is -0.496 e. The maximum atomic E-state index is 13.9. The third kappa shape index (κ3) is 6.99. The smallest absolute Gasteiger partial charge is 0.282 e. The van der Waals surface area contributed by atoms with Gasteiger partial charge in [0.05, 0.1) is 38.9 Å². The van der Waals surface area contributed by atoms with Crippen LogP contribution in [-0.4, -0.2) is 35.5 Å². The van der Waals surface area contributed by atoms with Crippen LogP contribution in [0.1, 0.15) is 36.5 Å². The summed E-state index contributed by atoms with van der Waals surface area (Å²) in [4.78, 5) is 31.0. The zero-order chi connectivity index (χ0) is 32.2. The first-order valence-corrected chi connectivity index (χ1v) is 15.6. The van der Waals surface area contributed by atoms with Crippen molar-refractivity contribution in [3.63, 3.8) is 0 Å². The van der Waals surface area contributed by atoms with Crippen LogP contribution < -0.4 is 20.3 Å². The van der Waals surface area contributed by atoms with Crippen LogP contribution in [0.5, 0.6) is 11.5 Å². The lowest BCUT2D eigenvalue weighted by atomic mass is 9.96. The fraction of sp³-hybridized carbons (Fsp3) is 0.176. The van der Waals surface area contributed by atoms with E-state index < -0.39 is 11.7 Å². The molecule has 0 atom stereocenters. The van der Waals surface area contributed by atoms with Crippen molar-refractivity contribution in [2.24, 2.45) is 5.10 Å². The van der Waals surface area contributed by atoms with Crippen LogP contribution in [0, 0.1) is 12.7 Å². The second kappa shape index (κ2) is 13.7. The number of halogens is 3. The molecule has 0 bridgehead atoms. The number of nitrogens with one attached hydrogen (secondary N) is 1. The Kier molecular flexibility index (Phi) is 9.79. The van der Waals surface area contributed by atoms with E-state index in [4.69, 9.17) is 14.5 Å². The van der Waals surface area contributed by atoms with E-state index in [1.807, 2.05) is 25.1 Å². The van der Waals surface area contributed by atoms with Crippen LogP contribution >= 0.6 is 31.9 Å². The van der Waals surface area contributed by atoms with Gasteiger partial charge in [0.15, 0.2) is 12.4 Å². The topological polar surface area (TPSA) is 94.8 Å². The number of carbonyl (C=O) groups excluding carboxylic acids is 1. The van der Waals surface area contributed by atoms with E-state index in [2.05, 4.69) is 56.1 Å². The van der Waals surface area contributed by atoms with E-state index in [1.54, 1.807) is 49.7 Å². The van der Waals surface area contributed by atoms with Gasteiger partial charge in [0, 0.05) is 5.56 Å². The maximum absolute atomic E-state index is 13.9. The van der Waals surface area contributed by atoms with Gasteiger partial charge in [0.2, 0.25) is 0 Å². The van der Waals surface area contributed by atoms with Crippen LogP contribution in [0.15, 0.2) is 91.6 Å². The molecule has 0 aliphatic rings. The van der Waals surface area contributed by atoms with Crippen molar-refractivity contribution in [3.05, 3.63) is 115 Å². The maximum Gasteiger partial charge on any atom is 0.282 e. The highest BCUT2D eigenvalue weighted by Crippen LogP contribution is 2.36. The van der Waals surface area contributed by atoms with Gasteiger partial charge in [-0.25, -0.2) is 9.37 Å². The highest BCUT2D eigenvalue weighted by molar-refractivity contribution is 9.11. The van der Waals surface area contributed by atoms with Gasteiger partial charge in [0.25, 0.3) is 11.5 Å². The summed E-state index contributed by atoms with van der Waals surface area (Å²) in [6, 6.07) is 20.5. The molecule has 0 radical (unpaired) electrons. The molecule has 0 fully saturated rings. The largest absolute Gasteiger partial charge is 0.496 e. The van der Waals surface area contributed by atoms with Crippen molar-refractivity contribution in [2.45, 2.75) is 26.7 Å². The Hall–Kier alpha value is -4.35. The zero-order valence-electron chi connectivity index (χ0n) is 24.9. The van der Waals surface area contributed by atoms with E-state index in [-0.39, 0.29) is 23.8 Å². The van der Waals surface area contributed by atoms with E-state index in [9.17, 15) is 14.0 Å². The number of nitrogens with zero attached hydrogens (tertiary/aromatic N) is 3. The van der Waals surface area contributed by atoms with Crippen LogP contribution in [0.2, 0.25) is 0 Å². The molecule has 230 valence electrons. The van der Waals surface area contributed by atoms with Gasteiger partial charge in [0.1, 0.15) is 17.3 Å². The number of fused-ring (bicyclic) bond motifs is 1. The van der Waals surface area contributed by atoms with Crippen LogP contribution in [0.25, 0.3) is 22.3 Å². The molecule has 0 spiro atoms. The number of hydrogen-bond acceptors (Lipinski definition) is 6. The fourth-order valence-electron chi connectivity index (χ4n) is 4.78. The van der Waals surface area contributed by atoms with Crippen molar-refractivity contribution >= 4 is 60.6 Å². The number of aryl methyl sites for hydroxylation is 1. The monoisotopic (exact) mass is 734 g/mol. The number of ether oxygens (including phenoxy) is 2. The van der Waals surface area contributed by atoms with Crippen LogP contribution in [0.4, 0.5) is 10.1 Å². The normalized spacial score (nSPS) is 11.4. The van der Waals surface area contributed by atoms with E-state index >= 15 is 0 Å². The number of carbonyl (C=O) groups is 1. The first kappa shape index (κ1) is 32.1. The van der Waals surface area contributed by atoms with E-state index in [0.717, 1.165) is 22.4 Å². The average Bonchev–Trinajstić information content (AvgIpc) is 3.01. The number of methoxy groups -OCH3 is 1. The molecule has 8 nitrogen and oxygen atoms in total. The molecule has 1 heterocycles. The summed E-state index contributed by atoms with van der Waals surface area (Å²) in [6.07, 6.45) is 1.55. The Morgan fingerprint density at radius 1 is 1.07 bits per heavy atom. The quantitative estimate of drug-likeness (QED) is 0.155. The van der Waals surface area contributed by atoms with Crippen molar-refractivity contribution < 1.29 is 18.7 Å². The number of anilines is 1. The number of amides is 1. The molecule has 4 aromatic carbocycles. The number of hydrogen-bond donors (Lipinski definition) is 1. The zero-order valence-corrected chi connectivity index (χ0v) is 28.1. The van der Waals surface area contributed by atoms with E-state index in [1.165, 1.54) is 22.9 Å². The van der Waals surface area contributed by atoms with Gasteiger partial charge in [-0.05, 0) is 110 Å². The predicted molar refractivity (Wildman–Crippen MR) is 182 cm³/mol. The first-order chi connectivity index (χ1) is 21.6. The summed E-state index contributed by atoms with van der Waals surface area (Å²) in [5.74, 6) is 0.653. The Morgan fingerprint density at radius 3 is 2.44 bits per heavy atom. The third-order valence-corrected chi connectivity index (χ3v) is 8.21. The van der Waals surface area contributed by atoms with Gasteiger partial charge < -0.3 is 14.8 Å². The van der Waals surface area contributed by atoms with Gasteiger partial charge in [-0.1, -0.05) is 38.1 Å². The third-order valence-electron chi connectivity index (χ3n) is 7.03. The Balaban J connectivity index is 1.49. The van der Waals surface area contributed by atoms with Crippen LogP contribution in [0.3, 0.4) is 0 Å². The molecule has 0 aliphatic carbocycles. The van der Waals surface area contributed by atoms with E-state index in [0.29, 0.717) is 37.0 Å². The van der Waals surface area contributed by atoms with Gasteiger partial charge in [-0.2, -0.15) is 9.78 Å². The summed E-state index contributed by atoms with van der Waals surface area (Å²) in [6.45, 7) is 5.75. The minimum atomic E-state index is -0.539. The molecule has 5 rings (SSSR count). The highest BCUT2D eigenvalue weighted by Gasteiger charge is 2.19. The Morgan fingerprint density at radius 2 is 1.76 bits per heavy atom. The number of benzene rings is 4. The van der Waals surface area contributed by atoms with Crippen molar-refractivity contribution in [1.82, 2.24) is 9.66 Å². The van der Waals surface area contributed by atoms with Crippen molar-refractivity contribution in [1.29, 1.82) is 0 Å².